The predicted molar refractivity (Wildman–Crippen MR) is 63.8 cm³/mol. The highest BCUT2D eigenvalue weighted by Gasteiger charge is 2.05. The highest BCUT2D eigenvalue weighted by molar-refractivity contribution is 5.73. The van der Waals surface area contributed by atoms with Crippen LogP contribution in [0.4, 0.5) is 4.79 Å². The van der Waals surface area contributed by atoms with Gasteiger partial charge in [0.15, 0.2) is 0 Å². The molecular formula is C12H18N2O2. The summed E-state index contributed by atoms with van der Waals surface area (Å²) >= 11 is 0. The minimum atomic E-state index is -0.0616. The van der Waals surface area contributed by atoms with E-state index in [0.29, 0.717) is 6.54 Å². The Bertz CT molecular complexity index is 335. The van der Waals surface area contributed by atoms with Gasteiger partial charge < -0.3 is 15.0 Å². The second kappa shape index (κ2) is 6.00. The van der Waals surface area contributed by atoms with Crippen molar-refractivity contribution in [3.8, 4) is 5.75 Å². The quantitative estimate of drug-likeness (QED) is 0.839. The van der Waals surface area contributed by atoms with Gasteiger partial charge in [0.05, 0.1) is 7.11 Å². The van der Waals surface area contributed by atoms with Gasteiger partial charge in [-0.3, -0.25) is 0 Å². The number of hydrogen-bond donors (Lipinski definition) is 1. The number of amides is 2. The van der Waals surface area contributed by atoms with Crippen LogP contribution in [0.3, 0.4) is 0 Å². The zero-order chi connectivity index (χ0) is 12.0. The SMILES string of the molecule is CNC(=O)N(C)CCc1ccc(OC)cc1. The van der Waals surface area contributed by atoms with Crippen LogP contribution in [0, 0.1) is 0 Å². The van der Waals surface area contributed by atoms with E-state index in [9.17, 15) is 4.79 Å². The number of rotatable bonds is 4. The van der Waals surface area contributed by atoms with E-state index >= 15 is 0 Å². The molecule has 0 saturated carbocycles. The molecule has 0 aliphatic carbocycles. The molecule has 0 bridgehead atoms. The third kappa shape index (κ3) is 3.46. The van der Waals surface area contributed by atoms with Crippen molar-refractivity contribution in [3.63, 3.8) is 0 Å². The van der Waals surface area contributed by atoms with Gasteiger partial charge in [-0.15, -0.1) is 0 Å². The molecule has 0 saturated heterocycles. The van der Waals surface area contributed by atoms with Crippen LogP contribution < -0.4 is 10.1 Å². The lowest BCUT2D eigenvalue weighted by atomic mass is 10.1. The average Bonchev–Trinajstić information content (AvgIpc) is 2.35. The predicted octanol–water partition coefficient (Wildman–Crippen LogP) is 1.51. The molecule has 16 heavy (non-hydrogen) atoms. The number of nitrogens with zero attached hydrogens (tertiary/aromatic N) is 1. The fourth-order valence-electron chi connectivity index (χ4n) is 1.38. The van der Waals surface area contributed by atoms with Crippen LogP contribution in [0.1, 0.15) is 5.56 Å². The van der Waals surface area contributed by atoms with Crippen LogP contribution in [0.5, 0.6) is 5.75 Å². The van der Waals surface area contributed by atoms with E-state index in [2.05, 4.69) is 5.32 Å². The Labute approximate surface area is 96.2 Å². The van der Waals surface area contributed by atoms with Gasteiger partial charge in [0.1, 0.15) is 5.75 Å². The first-order valence-corrected chi connectivity index (χ1v) is 5.23. The van der Waals surface area contributed by atoms with Crippen LogP contribution >= 0.6 is 0 Å². The summed E-state index contributed by atoms with van der Waals surface area (Å²) in [4.78, 5) is 12.9. The Balaban J connectivity index is 2.45. The standard InChI is InChI=1S/C12H18N2O2/c1-13-12(15)14(2)9-8-10-4-6-11(16-3)7-5-10/h4-7H,8-9H2,1-3H3,(H,13,15). The molecule has 0 spiro atoms. The van der Waals surface area contributed by atoms with Crippen LogP contribution in [0.15, 0.2) is 24.3 Å². The van der Waals surface area contributed by atoms with Gasteiger partial charge >= 0.3 is 6.03 Å². The van der Waals surface area contributed by atoms with Crippen molar-refractivity contribution in [2.75, 3.05) is 27.7 Å². The number of nitrogens with one attached hydrogen (secondary N) is 1. The van der Waals surface area contributed by atoms with Gasteiger partial charge in [0, 0.05) is 20.6 Å². The minimum Gasteiger partial charge on any atom is -0.497 e. The normalized spacial score (nSPS) is 9.69. The Morgan fingerprint density at radius 2 is 2.00 bits per heavy atom. The summed E-state index contributed by atoms with van der Waals surface area (Å²) in [6.45, 7) is 0.700. The molecule has 1 N–H and O–H groups in total. The van der Waals surface area contributed by atoms with Crippen molar-refractivity contribution in [3.05, 3.63) is 29.8 Å². The first kappa shape index (κ1) is 12.4. The number of ether oxygens (including phenoxy) is 1. The summed E-state index contributed by atoms with van der Waals surface area (Å²) in [5.74, 6) is 0.850. The van der Waals surface area contributed by atoms with E-state index in [1.165, 1.54) is 5.56 Å². The molecule has 4 nitrogen and oxygen atoms in total. The van der Waals surface area contributed by atoms with E-state index in [4.69, 9.17) is 4.74 Å². The van der Waals surface area contributed by atoms with Crippen molar-refractivity contribution in [2.24, 2.45) is 0 Å². The van der Waals surface area contributed by atoms with Crippen LogP contribution in [0.25, 0.3) is 0 Å². The zero-order valence-electron chi connectivity index (χ0n) is 9.99. The van der Waals surface area contributed by atoms with Crippen LogP contribution in [0.2, 0.25) is 0 Å². The fourth-order valence-corrected chi connectivity index (χ4v) is 1.38. The summed E-state index contributed by atoms with van der Waals surface area (Å²) in [5, 5.41) is 2.59. The molecule has 4 heteroatoms. The number of urea groups is 1. The molecule has 2 amide bonds. The van der Waals surface area contributed by atoms with Gasteiger partial charge in [-0.1, -0.05) is 12.1 Å². The van der Waals surface area contributed by atoms with E-state index in [1.54, 1.807) is 26.1 Å². The number of likely N-dealkylation sites (N-methyl/N-ethyl adjacent to an activating group) is 1. The lowest BCUT2D eigenvalue weighted by molar-refractivity contribution is 0.211. The first-order valence-electron chi connectivity index (χ1n) is 5.23. The van der Waals surface area contributed by atoms with Crippen LogP contribution in [-0.4, -0.2) is 38.7 Å². The monoisotopic (exact) mass is 222 g/mol. The Morgan fingerprint density at radius 1 is 1.38 bits per heavy atom. The van der Waals surface area contributed by atoms with E-state index in [0.717, 1.165) is 12.2 Å². The highest BCUT2D eigenvalue weighted by Crippen LogP contribution is 2.11. The van der Waals surface area contributed by atoms with Crippen molar-refractivity contribution in [1.29, 1.82) is 0 Å². The molecule has 88 valence electrons. The summed E-state index contributed by atoms with van der Waals surface area (Å²) < 4.78 is 5.08. The molecule has 0 aliphatic rings. The molecule has 0 aliphatic heterocycles. The maximum absolute atomic E-state index is 11.2. The van der Waals surface area contributed by atoms with E-state index in [1.807, 2.05) is 24.3 Å². The van der Waals surface area contributed by atoms with Gasteiger partial charge in [0.25, 0.3) is 0 Å². The second-order valence-electron chi connectivity index (χ2n) is 3.57. The van der Waals surface area contributed by atoms with E-state index in [-0.39, 0.29) is 6.03 Å². The molecule has 0 atom stereocenters. The number of carbonyl (C=O) groups excluding carboxylic acids is 1. The Kier molecular flexibility index (Phi) is 4.64. The van der Waals surface area contributed by atoms with Crippen molar-refractivity contribution in [1.82, 2.24) is 10.2 Å². The summed E-state index contributed by atoms with van der Waals surface area (Å²) in [7, 11) is 5.06. The van der Waals surface area contributed by atoms with Crippen molar-refractivity contribution >= 4 is 6.03 Å². The maximum Gasteiger partial charge on any atom is 0.316 e. The van der Waals surface area contributed by atoms with Gasteiger partial charge in [-0.05, 0) is 24.1 Å². The largest absolute Gasteiger partial charge is 0.497 e. The number of methoxy groups -OCH3 is 1. The molecule has 1 aromatic rings. The van der Waals surface area contributed by atoms with Crippen molar-refractivity contribution < 1.29 is 9.53 Å². The number of carbonyl (C=O) groups is 1. The third-order valence-electron chi connectivity index (χ3n) is 2.46. The molecular weight excluding hydrogens is 204 g/mol. The number of hydrogen-bond acceptors (Lipinski definition) is 2. The number of benzene rings is 1. The summed E-state index contributed by atoms with van der Waals surface area (Å²) in [6.07, 6.45) is 0.841. The van der Waals surface area contributed by atoms with Crippen molar-refractivity contribution in [2.45, 2.75) is 6.42 Å². The molecule has 1 rings (SSSR count). The van der Waals surface area contributed by atoms with Crippen LogP contribution in [-0.2, 0) is 6.42 Å². The summed E-state index contributed by atoms with van der Waals surface area (Å²) in [6, 6.07) is 7.81. The van der Waals surface area contributed by atoms with E-state index < -0.39 is 0 Å². The second-order valence-corrected chi connectivity index (χ2v) is 3.57. The van der Waals surface area contributed by atoms with Gasteiger partial charge in [0.2, 0.25) is 0 Å². The molecule has 1 aromatic carbocycles. The highest BCUT2D eigenvalue weighted by atomic mass is 16.5. The topological polar surface area (TPSA) is 41.6 Å². The summed E-state index contributed by atoms with van der Waals surface area (Å²) in [5.41, 5.74) is 1.19. The fraction of sp³-hybridized carbons (Fsp3) is 0.417. The van der Waals surface area contributed by atoms with Gasteiger partial charge in [-0.2, -0.15) is 0 Å². The third-order valence-corrected chi connectivity index (χ3v) is 2.46. The Morgan fingerprint density at radius 3 is 2.50 bits per heavy atom. The molecule has 0 heterocycles. The first-order chi connectivity index (χ1) is 7.67. The zero-order valence-corrected chi connectivity index (χ0v) is 9.99. The molecule has 0 unspecified atom stereocenters. The molecule has 0 fully saturated rings. The minimum absolute atomic E-state index is 0.0616. The smallest absolute Gasteiger partial charge is 0.316 e. The Hall–Kier alpha value is -1.71. The lowest BCUT2D eigenvalue weighted by Crippen LogP contribution is -2.36. The molecule has 0 aromatic heterocycles. The molecule has 0 radical (unpaired) electrons. The lowest BCUT2D eigenvalue weighted by Gasteiger charge is -2.16. The maximum atomic E-state index is 11.2. The van der Waals surface area contributed by atoms with Gasteiger partial charge in [-0.25, -0.2) is 4.79 Å². The average molecular weight is 222 g/mol.